The quantitative estimate of drug-likeness (QED) is 0.887. The van der Waals surface area contributed by atoms with Gasteiger partial charge in [0, 0.05) is 28.7 Å². The first-order valence-corrected chi connectivity index (χ1v) is 6.63. The fourth-order valence-electron chi connectivity index (χ4n) is 1.88. The lowest BCUT2D eigenvalue weighted by Gasteiger charge is -2.32. The van der Waals surface area contributed by atoms with Crippen LogP contribution in [0.2, 0.25) is 10.0 Å². The minimum Gasteiger partial charge on any atom is -0.329 e. The zero-order valence-corrected chi connectivity index (χ0v) is 12.1. The summed E-state index contributed by atoms with van der Waals surface area (Å²) in [6.45, 7) is 4.87. The third kappa shape index (κ3) is 3.59. The largest absolute Gasteiger partial charge is 0.329 e. The molecule has 1 aromatic carbocycles. The SMILES string of the molecule is CCC(C)N(C)C(CN)c1cc(Cl)ccc1Cl. The van der Waals surface area contributed by atoms with Crippen molar-refractivity contribution in [2.75, 3.05) is 13.6 Å². The summed E-state index contributed by atoms with van der Waals surface area (Å²) in [5, 5.41) is 1.42. The fourth-order valence-corrected chi connectivity index (χ4v) is 2.30. The van der Waals surface area contributed by atoms with Crippen LogP contribution >= 0.6 is 23.2 Å². The van der Waals surface area contributed by atoms with Crippen molar-refractivity contribution in [1.82, 2.24) is 4.90 Å². The second kappa shape index (κ2) is 6.60. The molecule has 0 heterocycles. The Morgan fingerprint density at radius 3 is 2.53 bits per heavy atom. The molecular weight excluding hydrogens is 255 g/mol. The second-order valence-corrected chi connectivity index (χ2v) is 5.18. The molecule has 0 saturated carbocycles. The summed E-state index contributed by atoms with van der Waals surface area (Å²) in [6, 6.07) is 6.09. The third-order valence-electron chi connectivity index (χ3n) is 3.32. The number of likely N-dealkylation sites (N-methyl/N-ethyl adjacent to an activating group) is 1. The van der Waals surface area contributed by atoms with E-state index in [1.807, 2.05) is 12.1 Å². The molecule has 4 heteroatoms. The zero-order valence-electron chi connectivity index (χ0n) is 10.6. The van der Waals surface area contributed by atoms with Gasteiger partial charge in [0.1, 0.15) is 0 Å². The summed E-state index contributed by atoms with van der Waals surface area (Å²) >= 11 is 12.2. The Morgan fingerprint density at radius 1 is 1.35 bits per heavy atom. The van der Waals surface area contributed by atoms with Gasteiger partial charge in [-0.25, -0.2) is 0 Å². The molecule has 0 radical (unpaired) electrons. The summed E-state index contributed by atoms with van der Waals surface area (Å²) in [6.07, 6.45) is 1.07. The highest BCUT2D eigenvalue weighted by Crippen LogP contribution is 2.30. The van der Waals surface area contributed by atoms with Crippen molar-refractivity contribution in [2.24, 2.45) is 5.73 Å². The van der Waals surface area contributed by atoms with Crippen molar-refractivity contribution >= 4 is 23.2 Å². The van der Waals surface area contributed by atoms with Crippen LogP contribution in [0.3, 0.4) is 0 Å². The van der Waals surface area contributed by atoms with E-state index in [-0.39, 0.29) is 6.04 Å². The summed E-state index contributed by atoms with van der Waals surface area (Å²) in [7, 11) is 2.07. The predicted octanol–water partition coefficient (Wildman–Crippen LogP) is 3.72. The van der Waals surface area contributed by atoms with Crippen molar-refractivity contribution in [1.29, 1.82) is 0 Å². The summed E-state index contributed by atoms with van der Waals surface area (Å²) in [5.74, 6) is 0. The van der Waals surface area contributed by atoms with Crippen LogP contribution in [-0.4, -0.2) is 24.5 Å². The van der Waals surface area contributed by atoms with E-state index < -0.39 is 0 Å². The Bertz CT molecular complexity index is 368. The Labute approximate surface area is 114 Å². The van der Waals surface area contributed by atoms with Gasteiger partial charge in [-0.1, -0.05) is 30.1 Å². The fraction of sp³-hybridized carbons (Fsp3) is 0.538. The van der Waals surface area contributed by atoms with E-state index in [9.17, 15) is 0 Å². The van der Waals surface area contributed by atoms with E-state index >= 15 is 0 Å². The normalized spacial score (nSPS) is 15.0. The molecule has 2 N–H and O–H groups in total. The summed E-state index contributed by atoms with van der Waals surface area (Å²) in [4.78, 5) is 2.25. The molecule has 0 aliphatic carbocycles. The third-order valence-corrected chi connectivity index (χ3v) is 3.90. The smallest absolute Gasteiger partial charge is 0.0485 e. The molecule has 2 nitrogen and oxygen atoms in total. The molecule has 1 rings (SSSR count). The van der Waals surface area contributed by atoms with Crippen LogP contribution in [0.1, 0.15) is 31.9 Å². The van der Waals surface area contributed by atoms with Gasteiger partial charge in [0.25, 0.3) is 0 Å². The molecule has 96 valence electrons. The highest BCUT2D eigenvalue weighted by molar-refractivity contribution is 6.33. The van der Waals surface area contributed by atoms with E-state index in [1.54, 1.807) is 6.07 Å². The number of benzene rings is 1. The van der Waals surface area contributed by atoms with Gasteiger partial charge in [0.15, 0.2) is 0 Å². The molecule has 2 unspecified atom stereocenters. The number of hydrogen-bond acceptors (Lipinski definition) is 2. The molecular formula is C13H20Cl2N2. The summed E-state index contributed by atoms with van der Waals surface area (Å²) < 4.78 is 0. The molecule has 2 atom stereocenters. The maximum Gasteiger partial charge on any atom is 0.0485 e. The molecule has 0 aromatic heterocycles. The first kappa shape index (κ1) is 14.8. The number of rotatable bonds is 5. The van der Waals surface area contributed by atoms with Crippen molar-refractivity contribution in [3.8, 4) is 0 Å². The Kier molecular flexibility index (Phi) is 5.74. The summed E-state index contributed by atoms with van der Waals surface area (Å²) in [5.41, 5.74) is 6.88. The van der Waals surface area contributed by atoms with Gasteiger partial charge >= 0.3 is 0 Å². The molecule has 0 amide bonds. The Balaban J connectivity index is 3.04. The van der Waals surface area contributed by atoms with Gasteiger partial charge < -0.3 is 5.73 Å². The molecule has 0 aliphatic heterocycles. The van der Waals surface area contributed by atoms with Crippen LogP contribution in [0.25, 0.3) is 0 Å². The number of halogens is 2. The Hall–Kier alpha value is -0.280. The van der Waals surface area contributed by atoms with E-state index in [0.29, 0.717) is 17.6 Å². The van der Waals surface area contributed by atoms with Crippen molar-refractivity contribution < 1.29 is 0 Å². The second-order valence-electron chi connectivity index (χ2n) is 4.34. The van der Waals surface area contributed by atoms with Gasteiger partial charge in [-0.2, -0.15) is 0 Å². The highest BCUT2D eigenvalue weighted by atomic mass is 35.5. The lowest BCUT2D eigenvalue weighted by Crippen LogP contribution is -2.36. The van der Waals surface area contributed by atoms with E-state index in [1.165, 1.54) is 0 Å². The maximum atomic E-state index is 6.22. The minimum absolute atomic E-state index is 0.108. The van der Waals surface area contributed by atoms with Gasteiger partial charge in [0.05, 0.1) is 0 Å². The van der Waals surface area contributed by atoms with Crippen molar-refractivity contribution in [3.63, 3.8) is 0 Å². The topological polar surface area (TPSA) is 29.3 Å². The number of nitrogens with two attached hydrogens (primary N) is 1. The van der Waals surface area contributed by atoms with Gasteiger partial charge in [-0.05, 0) is 44.2 Å². The monoisotopic (exact) mass is 274 g/mol. The van der Waals surface area contributed by atoms with Crippen LogP contribution in [0.5, 0.6) is 0 Å². The molecule has 0 saturated heterocycles. The van der Waals surface area contributed by atoms with Crippen LogP contribution in [0.4, 0.5) is 0 Å². The highest BCUT2D eigenvalue weighted by Gasteiger charge is 2.21. The van der Waals surface area contributed by atoms with Gasteiger partial charge in [-0.15, -0.1) is 0 Å². The maximum absolute atomic E-state index is 6.22. The van der Waals surface area contributed by atoms with Crippen LogP contribution in [0, 0.1) is 0 Å². The molecule has 0 fully saturated rings. The predicted molar refractivity (Wildman–Crippen MR) is 75.8 cm³/mol. The lowest BCUT2D eigenvalue weighted by atomic mass is 10.0. The van der Waals surface area contributed by atoms with E-state index in [2.05, 4.69) is 25.8 Å². The van der Waals surface area contributed by atoms with Gasteiger partial charge in [-0.3, -0.25) is 4.90 Å². The average Bonchev–Trinajstić information content (AvgIpc) is 2.33. The van der Waals surface area contributed by atoms with Crippen molar-refractivity contribution in [3.05, 3.63) is 33.8 Å². The molecule has 17 heavy (non-hydrogen) atoms. The Morgan fingerprint density at radius 2 is 2.00 bits per heavy atom. The number of hydrogen-bond donors (Lipinski definition) is 1. The first-order chi connectivity index (χ1) is 8.01. The lowest BCUT2D eigenvalue weighted by molar-refractivity contribution is 0.185. The standard InChI is InChI=1S/C13H20Cl2N2/c1-4-9(2)17(3)13(8-16)11-7-10(14)5-6-12(11)15/h5-7,9,13H,4,8,16H2,1-3H3. The zero-order chi connectivity index (χ0) is 13.0. The van der Waals surface area contributed by atoms with E-state index in [0.717, 1.165) is 17.0 Å². The molecule has 0 aliphatic rings. The van der Waals surface area contributed by atoms with Gasteiger partial charge in [0.2, 0.25) is 0 Å². The molecule has 0 spiro atoms. The molecule has 1 aromatic rings. The molecule has 0 bridgehead atoms. The first-order valence-electron chi connectivity index (χ1n) is 5.88. The van der Waals surface area contributed by atoms with Crippen molar-refractivity contribution in [2.45, 2.75) is 32.4 Å². The number of nitrogens with zero attached hydrogens (tertiary/aromatic N) is 1. The van der Waals surface area contributed by atoms with Crippen LogP contribution < -0.4 is 5.73 Å². The van der Waals surface area contributed by atoms with Crippen LogP contribution in [-0.2, 0) is 0 Å². The van der Waals surface area contributed by atoms with E-state index in [4.69, 9.17) is 28.9 Å². The average molecular weight is 275 g/mol. The van der Waals surface area contributed by atoms with Crippen LogP contribution in [0.15, 0.2) is 18.2 Å². The minimum atomic E-state index is 0.108.